The maximum absolute atomic E-state index is 9.55. The fourth-order valence-electron chi connectivity index (χ4n) is 0.285. The summed E-state index contributed by atoms with van der Waals surface area (Å²) in [6.45, 7) is 5.92. The molecular formula is C14H16O12Zn3. The van der Waals surface area contributed by atoms with Gasteiger partial charge in [-0.3, -0.25) is 0 Å². The van der Waals surface area contributed by atoms with Crippen molar-refractivity contribution in [2.75, 3.05) is 0 Å². The second-order valence-electron chi connectivity index (χ2n) is 3.10. The minimum atomic E-state index is -1.26. The molecule has 0 amide bonds. The fraction of sp³-hybridized carbons (Fsp3) is 0. The third kappa shape index (κ3) is 106. The van der Waals surface area contributed by atoms with E-state index < -0.39 is 35.8 Å². The van der Waals surface area contributed by atoms with Gasteiger partial charge in [-0.25, -0.2) is 28.8 Å². The van der Waals surface area contributed by atoms with Crippen molar-refractivity contribution in [1.82, 2.24) is 0 Å². The van der Waals surface area contributed by atoms with Crippen molar-refractivity contribution in [3.63, 3.8) is 0 Å². The molecule has 0 radical (unpaired) electrons. The second kappa shape index (κ2) is 33.3. The van der Waals surface area contributed by atoms with E-state index in [9.17, 15) is 28.8 Å². The smallest absolute Gasteiger partial charge is 0.328 e. The predicted octanol–water partition coefficient (Wildman–Crippen LogP) is -0.0699. The van der Waals surface area contributed by atoms with Crippen LogP contribution in [-0.4, -0.2) is 66.5 Å². The Morgan fingerprint density at radius 3 is 0.552 bits per heavy atom. The number of hydrogen-bond acceptors (Lipinski definition) is 6. The molecule has 0 spiro atoms. The van der Waals surface area contributed by atoms with Gasteiger partial charge in [0.15, 0.2) is 0 Å². The largest absolute Gasteiger partial charge is 0.478 e. The van der Waals surface area contributed by atoms with Crippen LogP contribution in [0, 0.1) is 0 Å². The first-order valence-corrected chi connectivity index (χ1v) is 5.78. The molecule has 6 N–H and O–H groups in total. The predicted molar refractivity (Wildman–Crippen MR) is 84.5 cm³/mol. The number of hydrogen-bond donors (Lipinski definition) is 6. The topological polar surface area (TPSA) is 224 Å². The van der Waals surface area contributed by atoms with Crippen LogP contribution >= 0.6 is 0 Å². The van der Waals surface area contributed by atoms with Gasteiger partial charge in [-0.1, -0.05) is 13.2 Å². The molecule has 0 aliphatic rings. The van der Waals surface area contributed by atoms with Crippen molar-refractivity contribution in [2.45, 2.75) is 0 Å². The molecule has 0 rings (SSSR count). The van der Waals surface area contributed by atoms with Gasteiger partial charge < -0.3 is 30.6 Å². The van der Waals surface area contributed by atoms with Crippen LogP contribution in [0.5, 0.6) is 0 Å². The van der Waals surface area contributed by atoms with Crippen molar-refractivity contribution in [1.29, 1.82) is 0 Å². The molecule has 15 heteroatoms. The summed E-state index contributed by atoms with van der Waals surface area (Å²) in [5, 5.41) is 46.5. The minimum absolute atomic E-state index is 0. The summed E-state index contributed by atoms with van der Waals surface area (Å²) in [6, 6.07) is 0. The van der Waals surface area contributed by atoms with E-state index >= 15 is 0 Å². The normalized spacial score (nSPS) is 7.45. The number of carboxylic acid groups (broad SMARTS) is 6. The molecule has 150 valence electrons. The minimum Gasteiger partial charge on any atom is -0.478 e. The Labute approximate surface area is 202 Å². The van der Waals surface area contributed by atoms with Crippen molar-refractivity contribution < 1.29 is 118 Å². The summed E-state index contributed by atoms with van der Waals surface area (Å²) in [5.41, 5.74) is 0. The Hall–Kier alpha value is -2.35. The Morgan fingerprint density at radius 1 is 0.414 bits per heavy atom. The molecule has 0 aromatic heterocycles. The molecule has 0 unspecified atom stereocenters. The molecule has 29 heavy (non-hydrogen) atoms. The number of rotatable bonds is 6. The number of aliphatic carboxylic acids is 6. The van der Waals surface area contributed by atoms with E-state index in [0.717, 1.165) is 12.2 Å². The molecule has 0 saturated heterocycles. The van der Waals surface area contributed by atoms with Crippen LogP contribution < -0.4 is 0 Å². The van der Waals surface area contributed by atoms with Gasteiger partial charge in [0, 0.05) is 94.9 Å². The summed E-state index contributed by atoms with van der Waals surface area (Å²) in [6.07, 6.45) is 3.90. The fourth-order valence-corrected chi connectivity index (χ4v) is 0.285. The van der Waals surface area contributed by atoms with Crippen molar-refractivity contribution >= 4 is 35.8 Å². The molecule has 0 heterocycles. The van der Waals surface area contributed by atoms with E-state index in [4.69, 9.17) is 30.6 Å². The summed E-state index contributed by atoms with van der Waals surface area (Å²) in [7, 11) is 0. The quantitative estimate of drug-likeness (QED) is 0.182. The van der Waals surface area contributed by atoms with E-state index in [1.807, 2.05) is 0 Å². The van der Waals surface area contributed by atoms with Crippen LogP contribution in [0.25, 0.3) is 0 Å². The summed E-state index contributed by atoms with van der Waals surface area (Å²) < 4.78 is 0. The van der Waals surface area contributed by atoms with Crippen molar-refractivity contribution in [2.24, 2.45) is 0 Å². The van der Waals surface area contributed by atoms with E-state index in [1.54, 1.807) is 0 Å². The van der Waals surface area contributed by atoms with Crippen LogP contribution in [0.2, 0.25) is 0 Å². The standard InChI is InChI=1S/2C4H4O4.2C3H4O2.3Zn/c2*5-3(6)1-2-4(7)8;2*1-2-3(4)5;;;/h2*1-2H,(H,5,6)(H,7,8);2*2H,1H2,(H,4,5);;;. The average Bonchev–Trinajstić information content (AvgIpc) is 2.52. The Kier molecular flexibility index (Phi) is 52.1. The SMILES string of the molecule is C=CC(=O)O.C=CC(=O)O.O=C(O)C=CC(=O)O.O=C(O)C=CC(=O)O.[Zn].[Zn].[Zn]. The van der Waals surface area contributed by atoms with E-state index in [-0.39, 0.29) is 58.4 Å². The maximum atomic E-state index is 9.55. The van der Waals surface area contributed by atoms with Gasteiger partial charge >= 0.3 is 35.8 Å². The first-order valence-electron chi connectivity index (χ1n) is 5.78. The summed E-state index contributed by atoms with van der Waals surface area (Å²) >= 11 is 0. The summed E-state index contributed by atoms with van der Waals surface area (Å²) in [4.78, 5) is 56.7. The van der Waals surface area contributed by atoms with Gasteiger partial charge in [0.1, 0.15) is 0 Å². The molecule has 0 aliphatic carbocycles. The molecule has 0 atom stereocenters. The van der Waals surface area contributed by atoms with E-state index in [0.29, 0.717) is 24.3 Å². The van der Waals surface area contributed by atoms with Crippen LogP contribution in [0.15, 0.2) is 49.6 Å². The Morgan fingerprint density at radius 2 is 0.517 bits per heavy atom. The van der Waals surface area contributed by atoms with Gasteiger partial charge in [-0.05, 0) is 0 Å². The molecule has 0 bridgehead atoms. The third-order valence-electron chi connectivity index (χ3n) is 1.09. The molecular weight excluding hydrogens is 556 g/mol. The van der Waals surface area contributed by atoms with E-state index in [2.05, 4.69) is 13.2 Å². The van der Waals surface area contributed by atoms with Gasteiger partial charge in [0.2, 0.25) is 0 Å². The number of carbonyl (C=O) groups is 6. The van der Waals surface area contributed by atoms with Crippen LogP contribution in [0.1, 0.15) is 0 Å². The molecule has 0 saturated carbocycles. The van der Waals surface area contributed by atoms with Crippen molar-refractivity contribution in [3.05, 3.63) is 49.6 Å². The second-order valence-corrected chi connectivity index (χ2v) is 3.10. The van der Waals surface area contributed by atoms with Crippen molar-refractivity contribution in [3.8, 4) is 0 Å². The number of carboxylic acids is 6. The van der Waals surface area contributed by atoms with Gasteiger partial charge in [0.25, 0.3) is 0 Å². The Bertz CT molecular complexity index is 513. The molecule has 0 aromatic carbocycles. The van der Waals surface area contributed by atoms with Gasteiger partial charge in [-0.15, -0.1) is 0 Å². The zero-order chi connectivity index (χ0) is 21.7. The molecule has 0 fully saturated rings. The van der Waals surface area contributed by atoms with Gasteiger partial charge in [-0.2, -0.15) is 0 Å². The summed E-state index contributed by atoms with van der Waals surface area (Å²) in [5.74, 6) is -6.99. The van der Waals surface area contributed by atoms with Crippen LogP contribution in [-0.2, 0) is 87.2 Å². The van der Waals surface area contributed by atoms with Crippen LogP contribution in [0.3, 0.4) is 0 Å². The molecule has 0 aliphatic heterocycles. The monoisotopic (exact) mass is 568 g/mol. The zero-order valence-corrected chi connectivity index (χ0v) is 24.0. The molecule has 12 nitrogen and oxygen atoms in total. The van der Waals surface area contributed by atoms with Crippen LogP contribution in [0.4, 0.5) is 0 Å². The first kappa shape index (κ1) is 45.4. The zero-order valence-electron chi connectivity index (χ0n) is 15.1. The maximum Gasteiger partial charge on any atom is 0.328 e. The van der Waals surface area contributed by atoms with Gasteiger partial charge in [0.05, 0.1) is 0 Å². The molecule has 0 aromatic rings. The Balaban J connectivity index is -0.0000000440. The third-order valence-corrected chi connectivity index (χ3v) is 1.09. The first-order chi connectivity index (χ1) is 11.8. The average molecular weight is 572 g/mol. The van der Waals surface area contributed by atoms with E-state index in [1.165, 1.54) is 0 Å².